The van der Waals surface area contributed by atoms with E-state index in [1.807, 2.05) is 18.2 Å². The second-order valence-electron chi connectivity index (χ2n) is 7.04. The average molecular weight is 404 g/mol. The molecule has 1 aliphatic heterocycles. The molecule has 2 aromatic rings. The van der Waals surface area contributed by atoms with Crippen molar-refractivity contribution in [2.75, 3.05) is 13.2 Å². The van der Waals surface area contributed by atoms with Crippen LogP contribution in [0.1, 0.15) is 32.1 Å². The van der Waals surface area contributed by atoms with Crippen LogP contribution in [0.15, 0.2) is 47.5 Å². The fraction of sp³-hybridized carbons (Fsp3) is 0.450. The predicted octanol–water partition coefficient (Wildman–Crippen LogP) is 2.91. The third-order valence-electron chi connectivity index (χ3n) is 4.95. The first-order valence-corrected chi connectivity index (χ1v) is 11.1. The van der Waals surface area contributed by atoms with Crippen LogP contribution in [-0.4, -0.2) is 38.8 Å². The third-order valence-corrected chi connectivity index (χ3v) is 6.47. The van der Waals surface area contributed by atoms with Crippen molar-refractivity contribution in [1.82, 2.24) is 9.71 Å². The SMILES string of the molecule is O=S(=O)(NC1CCC(Oc2ccccn2)CC1)c1ccc2c(c1)OCCCO2. The van der Waals surface area contributed by atoms with Gasteiger partial charge in [-0.25, -0.2) is 18.1 Å². The van der Waals surface area contributed by atoms with Crippen molar-refractivity contribution in [3.8, 4) is 17.4 Å². The van der Waals surface area contributed by atoms with Crippen LogP contribution in [0.5, 0.6) is 17.4 Å². The monoisotopic (exact) mass is 404 g/mol. The van der Waals surface area contributed by atoms with Crippen LogP contribution >= 0.6 is 0 Å². The highest BCUT2D eigenvalue weighted by atomic mass is 32.2. The minimum atomic E-state index is -3.62. The number of hydrogen-bond donors (Lipinski definition) is 1. The van der Waals surface area contributed by atoms with E-state index in [1.165, 1.54) is 0 Å². The highest BCUT2D eigenvalue weighted by molar-refractivity contribution is 7.89. The van der Waals surface area contributed by atoms with Gasteiger partial charge in [0.2, 0.25) is 15.9 Å². The van der Waals surface area contributed by atoms with Crippen molar-refractivity contribution >= 4 is 10.0 Å². The molecule has 0 radical (unpaired) electrons. The summed E-state index contributed by atoms with van der Waals surface area (Å²) in [6.45, 7) is 1.09. The Labute approximate surface area is 165 Å². The molecule has 1 fully saturated rings. The van der Waals surface area contributed by atoms with E-state index >= 15 is 0 Å². The summed E-state index contributed by atoms with van der Waals surface area (Å²) in [5, 5.41) is 0. The summed E-state index contributed by atoms with van der Waals surface area (Å²) in [7, 11) is -3.62. The molecular weight excluding hydrogens is 380 g/mol. The second kappa shape index (κ2) is 8.36. The van der Waals surface area contributed by atoms with Crippen LogP contribution in [0.3, 0.4) is 0 Å². The molecule has 8 heteroatoms. The van der Waals surface area contributed by atoms with Gasteiger partial charge in [0.25, 0.3) is 0 Å². The number of nitrogens with one attached hydrogen (secondary N) is 1. The van der Waals surface area contributed by atoms with E-state index in [4.69, 9.17) is 14.2 Å². The Morgan fingerprint density at radius 2 is 1.79 bits per heavy atom. The molecular formula is C20H24N2O5S. The zero-order valence-electron chi connectivity index (χ0n) is 15.5. The molecule has 1 aromatic heterocycles. The highest BCUT2D eigenvalue weighted by Crippen LogP contribution is 2.32. The van der Waals surface area contributed by atoms with Crippen LogP contribution in [0, 0.1) is 0 Å². The Morgan fingerprint density at radius 1 is 1.00 bits per heavy atom. The quantitative estimate of drug-likeness (QED) is 0.825. The molecule has 0 saturated heterocycles. The van der Waals surface area contributed by atoms with Crippen molar-refractivity contribution in [2.24, 2.45) is 0 Å². The molecule has 150 valence electrons. The molecule has 0 spiro atoms. The Hall–Kier alpha value is -2.32. The molecule has 0 unspecified atom stereocenters. The number of rotatable bonds is 5. The molecule has 1 aromatic carbocycles. The number of sulfonamides is 1. The number of aromatic nitrogens is 1. The van der Waals surface area contributed by atoms with E-state index in [1.54, 1.807) is 24.4 Å². The third kappa shape index (κ3) is 4.56. The van der Waals surface area contributed by atoms with Crippen LogP contribution < -0.4 is 18.9 Å². The van der Waals surface area contributed by atoms with Gasteiger partial charge in [-0.15, -0.1) is 0 Å². The maximum Gasteiger partial charge on any atom is 0.240 e. The maximum absolute atomic E-state index is 12.8. The fourth-order valence-corrected chi connectivity index (χ4v) is 4.80. The fourth-order valence-electron chi connectivity index (χ4n) is 3.48. The van der Waals surface area contributed by atoms with Gasteiger partial charge < -0.3 is 14.2 Å². The lowest BCUT2D eigenvalue weighted by atomic mass is 9.94. The average Bonchev–Trinajstić information content (AvgIpc) is 2.95. The van der Waals surface area contributed by atoms with Gasteiger partial charge in [0.1, 0.15) is 6.10 Å². The molecule has 0 bridgehead atoms. The van der Waals surface area contributed by atoms with Gasteiger partial charge in [-0.1, -0.05) is 6.07 Å². The molecule has 1 saturated carbocycles. The summed E-state index contributed by atoms with van der Waals surface area (Å²) < 4.78 is 45.5. The summed E-state index contributed by atoms with van der Waals surface area (Å²) in [5.41, 5.74) is 0. The van der Waals surface area contributed by atoms with E-state index in [0.717, 1.165) is 32.1 Å². The van der Waals surface area contributed by atoms with Crippen LogP contribution in [0.2, 0.25) is 0 Å². The molecule has 2 aliphatic rings. The van der Waals surface area contributed by atoms with E-state index in [9.17, 15) is 8.42 Å². The second-order valence-corrected chi connectivity index (χ2v) is 8.75. The number of fused-ring (bicyclic) bond motifs is 1. The molecule has 28 heavy (non-hydrogen) atoms. The number of pyridine rings is 1. The normalized spacial score (nSPS) is 22.3. The van der Waals surface area contributed by atoms with E-state index in [-0.39, 0.29) is 17.0 Å². The number of nitrogens with zero attached hydrogens (tertiary/aromatic N) is 1. The number of hydrogen-bond acceptors (Lipinski definition) is 6. The highest BCUT2D eigenvalue weighted by Gasteiger charge is 2.27. The summed E-state index contributed by atoms with van der Waals surface area (Å²) in [6, 6.07) is 10.2. The van der Waals surface area contributed by atoms with Gasteiger partial charge in [-0.2, -0.15) is 0 Å². The van der Waals surface area contributed by atoms with Crippen molar-refractivity contribution < 1.29 is 22.6 Å². The number of ether oxygens (including phenoxy) is 3. The first kappa shape index (κ1) is 19.0. The lowest BCUT2D eigenvalue weighted by Crippen LogP contribution is -2.39. The first-order valence-electron chi connectivity index (χ1n) is 9.60. The van der Waals surface area contributed by atoms with Gasteiger partial charge in [0.05, 0.1) is 18.1 Å². The van der Waals surface area contributed by atoms with Gasteiger partial charge in [0.15, 0.2) is 11.5 Å². The van der Waals surface area contributed by atoms with Crippen molar-refractivity contribution in [1.29, 1.82) is 0 Å². The standard InChI is InChI=1S/C20H24N2O5S/c23-28(24,17-9-10-18-19(14-17)26-13-3-12-25-18)22-15-5-7-16(8-6-15)27-20-4-1-2-11-21-20/h1-2,4,9-11,14-16,22H,3,5-8,12-13H2. The molecule has 0 atom stereocenters. The van der Waals surface area contributed by atoms with Crippen molar-refractivity contribution in [2.45, 2.75) is 49.1 Å². The molecule has 4 rings (SSSR count). The predicted molar refractivity (Wildman–Crippen MR) is 103 cm³/mol. The van der Waals surface area contributed by atoms with Crippen LogP contribution in [0.4, 0.5) is 0 Å². The van der Waals surface area contributed by atoms with E-state index in [2.05, 4.69) is 9.71 Å². The molecule has 0 amide bonds. The summed E-state index contributed by atoms with van der Waals surface area (Å²) in [6.07, 6.45) is 5.55. The lowest BCUT2D eigenvalue weighted by Gasteiger charge is -2.29. The molecule has 2 heterocycles. The minimum Gasteiger partial charge on any atom is -0.490 e. The van der Waals surface area contributed by atoms with Crippen LogP contribution in [0.25, 0.3) is 0 Å². The lowest BCUT2D eigenvalue weighted by molar-refractivity contribution is 0.138. The van der Waals surface area contributed by atoms with Gasteiger partial charge >= 0.3 is 0 Å². The smallest absolute Gasteiger partial charge is 0.240 e. The van der Waals surface area contributed by atoms with Crippen LogP contribution in [-0.2, 0) is 10.0 Å². The van der Waals surface area contributed by atoms with Gasteiger partial charge in [-0.3, -0.25) is 0 Å². The Morgan fingerprint density at radius 3 is 2.54 bits per heavy atom. The summed E-state index contributed by atoms with van der Waals surface area (Å²) >= 11 is 0. The van der Waals surface area contributed by atoms with Crippen molar-refractivity contribution in [3.63, 3.8) is 0 Å². The first-order chi connectivity index (χ1) is 13.6. The van der Waals surface area contributed by atoms with Gasteiger partial charge in [-0.05, 0) is 43.9 Å². The van der Waals surface area contributed by atoms with Gasteiger partial charge in [0, 0.05) is 30.8 Å². The molecule has 7 nitrogen and oxygen atoms in total. The van der Waals surface area contributed by atoms with Crippen molar-refractivity contribution in [3.05, 3.63) is 42.6 Å². The maximum atomic E-state index is 12.8. The number of benzene rings is 1. The zero-order chi connectivity index (χ0) is 19.4. The Bertz CT molecular complexity index is 896. The summed E-state index contributed by atoms with van der Waals surface area (Å²) in [4.78, 5) is 4.37. The van der Waals surface area contributed by atoms with E-state index < -0.39 is 10.0 Å². The largest absolute Gasteiger partial charge is 0.490 e. The summed E-state index contributed by atoms with van der Waals surface area (Å²) in [5.74, 6) is 1.68. The topological polar surface area (TPSA) is 86.8 Å². The molecule has 1 N–H and O–H groups in total. The minimum absolute atomic E-state index is 0.0636. The zero-order valence-corrected chi connectivity index (χ0v) is 16.4. The Kier molecular flexibility index (Phi) is 5.68. The Balaban J connectivity index is 1.36. The van der Waals surface area contributed by atoms with E-state index in [0.29, 0.717) is 30.6 Å². The molecule has 1 aliphatic carbocycles.